The van der Waals surface area contributed by atoms with Crippen LogP contribution in [0.1, 0.15) is 10.4 Å². The van der Waals surface area contributed by atoms with Crippen LogP contribution in [0.3, 0.4) is 0 Å². The van der Waals surface area contributed by atoms with Gasteiger partial charge >= 0.3 is 0 Å². The number of hydrogen-bond acceptors (Lipinski definition) is 3. The van der Waals surface area contributed by atoms with Crippen molar-refractivity contribution in [2.75, 3.05) is 13.1 Å². The van der Waals surface area contributed by atoms with Gasteiger partial charge in [0.2, 0.25) is 10.0 Å². The van der Waals surface area contributed by atoms with Crippen LogP contribution in [0.15, 0.2) is 48.4 Å². The SMILES string of the molecule is C=CCNC(=O)c1ccc(F)c(S(=O)(=O)NCC=C)c1. The molecule has 0 aliphatic rings. The van der Waals surface area contributed by atoms with E-state index in [1.807, 2.05) is 0 Å². The second-order valence-corrected chi connectivity index (χ2v) is 5.52. The smallest absolute Gasteiger partial charge is 0.251 e. The summed E-state index contributed by atoms with van der Waals surface area (Å²) in [4.78, 5) is 11.1. The van der Waals surface area contributed by atoms with Gasteiger partial charge < -0.3 is 5.32 Å². The first kappa shape index (κ1) is 16.1. The van der Waals surface area contributed by atoms with Crippen molar-refractivity contribution in [2.24, 2.45) is 0 Å². The first-order chi connectivity index (χ1) is 9.42. The summed E-state index contributed by atoms with van der Waals surface area (Å²) >= 11 is 0. The largest absolute Gasteiger partial charge is 0.349 e. The molecule has 0 saturated heterocycles. The fraction of sp³-hybridized carbons (Fsp3) is 0.154. The van der Waals surface area contributed by atoms with E-state index in [1.54, 1.807) is 0 Å². The minimum atomic E-state index is -4.03. The highest BCUT2D eigenvalue weighted by atomic mass is 32.2. The van der Waals surface area contributed by atoms with Gasteiger partial charge in [0.15, 0.2) is 0 Å². The summed E-state index contributed by atoms with van der Waals surface area (Å²) in [6, 6.07) is 3.13. The van der Waals surface area contributed by atoms with Gasteiger partial charge in [0, 0.05) is 18.7 Å². The predicted octanol–water partition coefficient (Wildman–Crippen LogP) is 1.21. The zero-order chi connectivity index (χ0) is 15.2. The van der Waals surface area contributed by atoms with E-state index in [9.17, 15) is 17.6 Å². The zero-order valence-corrected chi connectivity index (χ0v) is 11.5. The van der Waals surface area contributed by atoms with E-state index in [-0.39, 0.29) is 18.7 Å². The Balaban J connectivity index is 3.11. The van der Waals surface area contributed by atoms with Gasteiger partial charge in [-0.15, -0.1) is 13.2 Å². The second kappa shape index (κ2) is 6.97. The van der Waals surface area contributed by atoms with Gasteiger partial charge in [0.25, 0.3) is 5.91 Å². The lowest BCUT2D eigenvalue weighted by Gasteiger charge is -2.08. The normalized spacial score (nSPS) is 10.8. The second-order valence-electron chi connectivity index (χ2n) is 3.78. The molecule has 1 aromatic carbocycles. The zero-order valence-electron chi connectivity index (χ0n) is 10.7. The van der Waals surface area contributed by atoms with Crippen molar-refractivity contribution < 1.29 is 17.6 Å². The molecular weight excluding hydrogens is 283 g/mol. The van der Waals surface area contributed by atoms with Gasteiger partial charge in [-0.05, 0) is 18.2 Å². The predicted molar refractivity (Wildman–Crippen MR) is 74.3 cm³/mol. The summed E-state index contributed by atoms with van der Waals surface area (Å²) in [6.45, 7) is 7.00. The molecule has 0 aliphatic heterocycles. The number of nitrogens with one attached hydrogen (secondary N) is 2. The Morgan fingerprint density at radius 3 is 2.50 bits per heavy atom. The number of amides is 1. The Labute approximate surface area is 117 Å². The van der Waals surface area contributed by atoms with Gasteiger partial charge in [-0.25, -0.2) is 17.5 Å². The minimum absolute atomic E-state index is 0.0331. The van der Waals surface area contributed by atoms with Gasteiger partial charge in [-0.3, -0.25) is 4.79 Å². The van der Waals surface area contributed by atoms with Gasteiger partial charge in [-0.2, -0.15) is 0 Å². The van der Waals surface area contributed by atoms with E-state index in [0.717, 1.165) is 12.1 Å². The van der Waals surface area contributed by atoms with Crippen LogP contribution in [0.2, 0.25) is 0 Å². The molecule has 1 rings (SSSR count). The molecule has 20 heavy (non-hydrogen) atoms. The quantitative estimate of drug-likeness (QED) is 0.743. The molecule has 0 fully saturated rings. The van der Waals surface area contributed by atoms with Crippen LogP contribution in [-0.4, -0.2) is 27.4 Å². The molecule has 0 bridgehead atoms. The van der Waals surface area contributed by atoms with Crippen molar-refractivity contribution in [3.05, 3.63) is 54.9 Å². The number of benzene rings is 1. The first-order valence-electron chi connectivity index (χ1n) is 5.71. The minimum Gasteiger partial charge on any atom is -0.349 e. The van der Waals surface area contributed by atoms with E-state index in [2.05, 4.69) is 23.2 Å². The van der Waals surface area contributed by atoms with Gasteiger partial charge in [0.1, 0.15) is 10.7 Å². The molecule has 0 spiro atoms. The van der Waals surface area contributed by atoms with Gasteiger partial charge in [-0.1, -0.05) is 12.2 Å². The lowest BCUT2D eigenvalue weighted by molar-refractivity contribution is 0.0957. The maximum Gasteiger partial charge on any atom is 0.251 e. The van der Waals surface area contributed by atoms with Crippen molar-refractivity contribution >= 4 is 15.9 Å². The molecule has 7 heteroatoms. The maximum atomic E-state index is 13.6. The van der Waals surface area contributed by atoms with Crippen LogP contribution in [-0.2, 0) is 10.0 Å². The van der Waals surface area contributed by atoms with E-state index in [1.165, 1.54) is 18.2 Å². The summed E-state index contributed by atoms with van der Waals surface area (Å²) in [6.07, 6.45) is 2.81. The highest BCUT2D eigenvalue weighted by Gasteiger charge is 2.20. The topological polar surface area (TPSA) is 75.3 Å². The highest BCUT2D eigenvalue weighted by molar-refractivity contribution is 7.89. The summed E-state index contributed by atoms with van der Waals surface area (Å²) in [7, 11) is -4.03. The van der Waals surface area contributed by atoms with Crippen LogP contribution in [0, 0.1) is 5.82 Å². The molecule has 5 nitrogen and oxygen atoms in total. The molecule has 1 aromatic rings. The molecule has 108 valence electrons. The molecule has 2 N–H and O–H groups in total. The van der Waals surface area contributed by atoms with Crippen LogP contribution in [0.5, 0.6) is 0 Å². The van der Waals surface area contributed by atoms with Crippen molar-refractivity contribution in [2.45, 2.75) is 4.90 Å². The Morgan fingerprint density at radius 2 is 1.90 bits per heavy atom. The molecular formula is C13H15FN2O3S. The molecule has 0 saturated carbocycles. The summed E-state index contributed by atoms with van der Waals surface area (Å²) in [5.74, 6) is -1.44. The van der Waals surface area contributed by atoms with E-state index >= 15 is 0 Å². The molecule has 0 aromatic heterocycles. The molecule has 1 amide bonds. The molecule has 0 atom stereocenters. The molecule has 0 unspecified atom stereocenters. The van der Waals surface area contributed by atoms with E-state index in [0.29, 0.717) is 0 Å². The summed E-state index contributed by atoms with van der Waals surface area (Å²) in [5.41, 5.74) is 0.0484. The molecule has 0 heterocycles. The Hall–Kier alpha value is -1.99. The number of carbonyl (C=O) groups excluding carboxylic acids is 1. The number of halogens is 1. The molecule has 0 radical (unpaired) electrons. The van der Waals surface area contributed by atoms with Crippen LogP contribution in [0.4, 0.5) is 4.39 Å². The number of hydrogen-bond donors (Lipinski definition) is 2. The summed E-state index contributed by atoms with van der Waals surface area (Å²) in [5, 5.41) is 2.48. The van der Waals surface area contributed by atoms with Crippen molar-refractivity contribution in [1.82, 2.24) is 10.0 Å². The van der Waals surface area contributed by atoms with Crippen molar-refractivity contribution in [3.63, 3.8) is 0 Å². The summed E-state index contributed by atoms with van der Waals surface area (Å²) < 4.78 is 39.5. The fourth-order valence-corrected chi connectivity index (χ4v) is 2.46. The third kappa shape index (κ3) is 4.01. The van der Waals surface area contributed by atoms with E-state index < -0.39 is 26.6 Å². The van der Waals surface area contributed by atoms with Crippen LogP contribution >= 0.6 is 0 Å². The standard InChI is InChI=1S/C13H15FN2O3S/c1-3-7-15-13(17)10-5-6-11(14)12(9-10)20(18,19)16-8-4-2/h3-6,9,16H,1-2,7-8H2,(H,15,17). The highest BCUT2D eigenvalue weighted by Crippen LogP contribution is 2.16. The lowest BCUT2D eigenvalue weighted by atomic mass is 10.2. The Bertz CT molecular complexity index is 627. The fourth-order valence-electron chi connectivity index (χ4n) is 1.36. The third-order valence-corrected chi connectivity index (χ3v) is 3.75. The number of sulfonamides is 1. The van der Waals surface area contributed by atoms with Crippen molar-refractivity contribution in [1.29, 1.82) is 0 Å². The lowest BCUT2D eigenvalue weighted by Crippen LogP contribution is -2.26. The van der Waals surface area contributed by atoms with Gasteiger partial charge in [0.05, 0.1) is 0 Å². The number of carbonyl (C=O) groups is 1. The number of rotatable bonds is 7. The third-order valence-electron chi connectivity index (χ3n) is 2.31. The Kier molecular flexibility index (Phi) is 5.60. The van der Waals surface area contributed by atoms with Crippen LogP contribution in [0.25, 0.3) is 0 Å². The van der Waals surface area contributed by atoms with Crippen LogP contribution < -0.4 is 10.0 Å². The van der Waals surface area contributed by atoms with E-state index in [4.69, 9.17) is 0 Å². The first-order valence-corrected chi connectivity index (χ1v) is 7.20. The average molecular weight is 298 g/mol. The molecule has 0 aliphatic carbocycles. The van der Waals surface area contributed by atoms with Crippen molar-refractivity contribution in [3.8, 4) is 0 Å². The maximum absolute atomic E-state index is 13.6. The average Bonchev–Trinajstić information content (AvgIpc) is 2.42. The Morgan fingerprint density at radius 1 is 1.25 bits per heavy atom. The monoisotopic (exact) mass is 298 g/mol.